The van der Waals surface area contributed by atoms with E-state index < -0.39 is 28.8 Å². The number of carbonyl (C=O) groups excluding carboxylic acids is 1. The van der Waals surface area contributed by atoms with Crippen molar-refractivity contribution < 1.29 is 28.2 Å². The van der Waals surface area contributed by atoms with Crippen molar-refractivity contribution in [2.75, 3.05) is 48.0 Å². The first-order valence-corrected chi connectivity index (χ1v) is 20.6. The minimum atomic E-state index is -2.25. The Morgan fingerprint density at radius 3 is 2.02 bits per heavy atom. The topological polar surface area (TPSA) is 80.7 Å². The number of amides is 1. The first-order chi connectivity index (χ1) is 18.6. The predicted molar refractivity (Wildman–Crippen MR) is 174 cm³/mol. The molecule has 0 heterocycles. The van der Waals surface area contributed by atoms with Crippen LogP contribution in [-0.4, -0.2) is 97.7 Å². The lowest BCUT2D eigenvalue weighted by Gasteiger charge is -2.43. The molecule has 0 aliphatic carbocycles. The molecular weight excluding hydrogens is 553 g/mol. The zero-order valence-corrected chi connectivity index (χ0v) is 30.5. The molecule has 41 heavy (non-hydrogen) atoms. The van der Waals surface area contributed by atoms with Crippen LogP contribution in [0.1, 0.15) is 59.9 Å². The molecule has 238 valence electrons. The van der Waals surface area contributed by atoms with Crippen LogP contribution in [0.5, 0.6) is 11.5 Å². The zero-order chi connectivity index (χ0) is 31.8. The maximum atomic E-state index is 13.6. The number of methoxy groups -OCH3 is 2. The van der Waals surface area contributed by atoms with Gasteiger partial charge in [-0.3, -0.25) is 4.79 Å². The lowest BCUT2D eigenvalue weighted by molar-refractivity contribution is -0.134. The summed E-state index contributed by atoms with van der Waals surface area (Å²) in [5.74, 6) is 1.31. The molecule has 0 aromatic heterocycles. The van der Waals surface area contributed by atoms with Crippen molar-refractivity contribution in [2.24, 2.45) is 0 Å². The highest BCUT2D eigenvalue weighted by atomic mass is 28.4. The molecule has 8 nitrogen and oxygen atoms in total. The summed E-state index contributed by atoms with van der Waals surface area (Å²) in [6.45, 7) is 23.5. The molecule has 2 atom stereocenters. The van der Waals surface area contributed by atoms with Gasteiger partial charge >= 0.3 is 0 Å². The summed E-state index contributed by atoms with van der Waals surface area (Å²) in [7, 11) is 2.87. The smallest absolute Gasteiger partial charge is 0.223 e. The van der Waals surface area contributed by atoms with E-state index in [1.54, 1.807) is 19.1 Å². The molecule has 0 fully saturated rings. The molecule has 0 radical (unpaired) electrons. The van der Waals surface area contributed by atoms with Gasteiger partial charge < -0.3 is 33.2 Å². The van der Waals surface area contributed by atoms with Crippen molar-refractivity contribution in [2.45, 2.75) is 109 Å². The normalized spacial score (nSPS) is 14.6. The SMILES string of the molecule is COc1ccc(CN(CC(O)C(CO[Si](C)(C)C(C)(C)C)O[Si](C)(C)C(C)(C)C)C(=O)CCCN(C)C)c(OC)c1. The fourth-order valence-electron chi connectivity index (χ4n) is 3.78. The van der Waals surface area contributed by atoms with Crippen LogP contribution < -0.4 is 9.47 Å². The first kappa shape index (κ1) is 37.6. The van der Waals surface area contributed by atoms with Gasteiger partial charge in [0.05, 0.1) is 33.0 Å². The van der Waals surface area contributed by atoms with E-state index in [0.29, 0.717) is 31.1 Å². The lowest BCUT2D eigenvalue weighted by Crippen LogP contribution is -2.53. The molecule has 0 aliphatic rings. The molecule has 1 N–H and O–H groups in total. The van der Waals surface area contributed by atoms with E-state index in [0.717, 1.165) is 18.5 Å². The molecular formula is C31H60N2O6Si2. The van der Waals surface area contributed by atoms with Gasteiger partial charge in [-0.15, -0.1) is 0 Å². The molecule has 0 saturated heterocycles. The van der Waals surface area contributed by atoms with Crippen molar-refractivity contribution in [3.8, 4) is 11.5 Å². The van der Waals surface area contributed by atoms with Gasteiger partial charge in [0.25, 0.3) is 0 Å². The van der Waals surface area contributed by atoms with Crippen molar-refractivity contribution >= 4 is 22.5 Å². The Morgan fingerprint density at radius 2 is 1.54 bits per heavy atom. The highest BCUT2D eigenvalue weighted by molar-refractivity contribution is 6.74. The summed E-state index contributed by atoms with van der Waals surface area (Å²) in [4.78, 5) is 17.4. The molecule has 2 unspecified atom stereocenters. The van der Waals surface area contributed by atoms with E-state index in [4.69, 9.17) is 18.3 Å². The van der Waals surface area contributed by atoms with E-state index in [9.17, 15) is 9.90 Å². The van der Waals surface area contributed by atoms with Gasteiger partial charge in [-0.2, -0.15) is 0 Å². The Kier molecular flexibility index (Phi) is 14.1. The third-order valence-electron chi connectivity index (χ3n) is 8.71. The standard InChI is InChI=1S/C31H60N2O6Si2/c1-30(2,3)40(11,12)38-23-28(39-41(13,14)31(4,5)6)26(34)22-33(29(35)16-15-19-32(7)8)21-24-17-18-25(36-9)20-27(24)37-10/h17-18,20,26,28,34H,15-16,19,21-23H2,1-14H3. The Morgan fingerprint density at radius 1 is 0.951 bits per heavy atom. The summed E-state index contributed by atoms with van der Waals surface area (Å²) in [5, 5.41) is 11.7. The van der Waals surface area contributed by atoms with E-state index in [-0.39, 0.29) is 22.5 Å². The van der Waals surface area contributed by atoms with Crippen LogP contribution in [0.25, 0.3) is 0 Å². The lowest BCUT2D eigenvalue weighted by atomic mass is 10.1. The van der Waals surface area contributed by atoms with Crippen molar-refractivity contribution in [3.63, 3.8) is 0 Å². The molecule has 0 bridgehead atoms. The van der Waals surface area contributed by atoms with Gasteiger partial charge in [0.15, 0.2) is 16.6 Å². The Labute approximate surface area is 252 Å². The largest absolute Gasteiger partial charge is 0.497 e. The van der Waals surface area contributed by atoms with Crippen molar-refractivity contribution in [3.05, 3.63) is 23.8 Å². The summed E-state index contributed by atoms with van der Waals surface area (Å²) in [5.41, 5.74) is 0.848. The van der Waals surface area contributed by atoms with Crippen LogP contribution in [0.4, 0.5) is 0 Å². The third kappa shape index (κ3) is 11.6. The average Bonchev–Trinajstić information content (AvgIpc) is 2.84. The summed E-state index contributed by atoms with van der Waals surface area (Å²) >= 11 is 0. The van der Waals surface area contributed by atoms with Crippen molar-refractivity contribution in [1.82, 2.24) is 9.80 Å². The van der Waals surface area contributed by atoms with E-state index in [1.807, 2.05) is 32.3 Å². The number of benzene rings is 1. The fourth-order valence-corrected chi connectivity index (χ4v) is 6.13. The molecule has 1 amide bonds. The van der Waals surface area contributed by atoms with Crippen LogP contribution in [-0.2, 0) is 20.2 Å². The quantitative estimate of drug-likeness (QED) is 0.224. The zero-order valence-electron chi connectivity index (χ0n) is 28.5. The third-order valence-corrected chi connectivity index (χ3v) is 17.7. The molecule has 0 aliphatic heterocycles. The van der Waals surface area contributed by atoms with Gasteiger partial charge in [0, 0.05) is 31.1 Å². The number of hydrogen-bond acceptors (Lipinski definition) is 7. The number of nitrogens with zero attached hydrogens (tertiary/aromatic N) is 2. The number of ether oxygens (including phenoxy) is 2. The van der Waals surface area contributed by atoms with Crippen LogP contribution >= 0.6 is 0 Å². The predicted octanol–water partition coefficient (Wildman–Crippen LogP) is 6.15. The summed E-state index contributed by atoms with van der Waals surface area (Å²) in [6, 6.07) is 5.59. The van der Waals surface area contributed by atoms with Crippen LogP contribution in [0.2, 0.25) is 36.3 Å². The Bertz CT molecular complexity index is 957. The van der Waals surface area contributed by atoms with Gasteiger partial charge in [0.2, 0.25) is 5.91 Å². The molecule has 0 saturated carbocycles. The van der Waals surface area contributed by atoms with E-state index in [2.05, 4.69) is 72.6 Å². The van der Waals surface area contributed by atoms with E-state index in [1.165, 1.54) is 0 Å². The van der Waals surface area contributed by atoms with Gasteiger partial charge in [-0.25, -0.2) is 0 Å². The number of aliphatic hydroxyl groups excluding tert-OH is 1. The van der Waals surface area contributed by atoms with Crippen LogP contribution in [0.15, 0.2) is 18.2 Å². The highest BCUT2D eigenvalue weighted by Crippen LogP contribution is 2.39. The number of carbonyl (C=O) groups is 1. The molecule has 1 rings (SSSR count). The van der Waals surface area contributed by atoms with Crippen LogP contribution in [0, 0.1) is 0 Å². The summed E-state index contributed by atoms with van der Waals surface area (Å²) in [6.07, 6.45) is -0.357. The fraction of sp³-hybridized carbons (Fsp3) is 0.774. The molecule has 10 heteroatoms. The second kappa shape index (κ2) is 15.3. The molecule has 0 spiro atoms. The monoisotopic (exact) mass is 612 g/mol. The number of rotatable bonds is 16. The minimum Gasteiger partial charge on any atom is -0.497 e. The minimum absolute atomic E-state index is 0.0137. The van der Waals surface area contributed by atoms with Gasteiger partial charge in [0.1, 0.15) is 11.5 Å². The maximum absolute atomic E-state index is 13.6. The highest BCUT2D eigenvalue weighted by Gasteiger charge is 2.43. The van der Waals surface area contributed by atoms with Gasteiger partial charge in [-0.1, -0.05) is 41.5 Å². The van der Waals surface area contributed by atoms with Crippen molar-refractivity contribution in [1.29, 1.82) is 0 Å². The Hall–Kier alpha value is -1.44. The number of hydrogen-bond donors (Lipinski definition) is 1. The summed E-state index contributed by atoms with van der Waals surface area (Å²) < 4.78 is 24.4. The van der Waals surface area contributed by atoms with Gasteiger partial charge in [-0.05, 0) is 75.5 Å². The average molecular weight is 613 g/mol. The van der Waals surface area contributed by atoms with E-state index >= 15 is 0 Å². The first-order valence-electron chi connectivity index (χ1n) is 14.8. The van der Waals surface area contributed by atoms with Crippen LogP contribution in [0.3, 0.4) is 0 Å². The molecule has 1 aromatic rings. The molecule has 1 aromatic carbocycles. The number of aliphatic hydroxyl groups is 1. The maximum Gasteiger partial charge on any atom is 0.223 e. The Balaban J connectivity index is 3.35. The second-order valence-corrected chi connectivity index (χ2v) is 24.0. The second-order valence-electron chi connectivity index (χ2n) is 14.4.